The van der Waals surface area contributed by atoms with Gasteiger partial charge < -0.3 is 5.73 Å². The van der Waals surface area contributed by atoms with Crippen LogP contribution in [0, 0.1) is 5.82 Å². The number of hydrogen-bond acceptors (Lipinski definition) is 5. The number of benzene rings is 1. The number of aromatic amines is 1. The third-order valence-corrected chi connectivity index (χ3v) is 6.63. The Bertz CT molecular complexity index is 928. The number of nitrogens with zero attached hydrogens (tertiary/aromatic N) is 1. The molecule has 3 rings (SSSR count). The minimum absolute atomic E-state index is 0.0683. The number of anilines is 1. The van der Waals surface area contributed by atoms with Crippen LogP contribution in [0.1, 0.15) is 6.92 Å². The Balaban J connectivity index is 2.46. The van der Waals surface area contributed by atoms with Crippen LogP contribution < -0.4 is 5.73 Å². The zero-order valence-corrected chi connectivity index (χ0v) is 12.7. The molecule has 0 atom stereocenters. The topological polar surface area (TPSA) is 88.8 Å². The number of rotatable bonds is 3. The molecule has 8 heteroatoms. The second kappa shape index (κ2) is 4.81. The molecule has 0 fully saturated rings. The number of nitrogens with two attached hydrogens (primary N) is 1. The van der Waals surface area contributed by atoms with Crippen LogP contribution in [-0.4, -0.2) is 24.4 Å². The number of sulfone groups is 1. The third-order valence-electron chi connectivity index (χ3n) is 3.21. The fourth-order valence-electron chi connectivity index (χ4n) is 2.15. The molecule has 0 aliphatic rings. The van der Waals surface area contributed by atoms with E-state index >= 15 is 0 Å². The van der Waals surface area contributed by atoms with Gasteiger partial charge in [0.2, 0.25) is 0 Å². The molecule has 0 saturated heterocycles. The lowest BCUT2D eigenvalue weighted by Gasteiger charge is -2.06. The first kappa shape index (κ1) is 14.0. The van der Waals surface area contributed by atoms with Crippen LogP contribution >= 0.6 is 11.3 Å². The summed E-state index contributed by atoms with van der Waals surface area (Å²) in [5.74, 6) is -0.330. The maximum absolute atomic E-state index is 14.1. The summed E-state index contributed by atoms with van der Waals surface area (Å²) in [4.78, 5) is 0.456. The summed E-state index contributed by atoms with van der Waals surface area (Å²) in [5.41, 5.74) is 6.34. The van der Waals surface area contributed by atoms with Gasteiger partial charge in [-0.1, -0.05) is 25.1 Å². The zero-order chi connectivity index (χ0) is 15.2. The van der Waals surface area contributed by atoms with E-state index < -0.39 is 15.7 Å². The van der Waals surface area contributed by atoms with Crippen molar-refractivity contribution in [1.29, 1.82) is 0 Å². The molecule has 0 radical (unpaired) electrons. The molecular formula is C13H12FN3O2S2. The van der Waals surface area contributed by atoms with Crippen molar-refractivity contribution in [2.45, 2.75) is 11.1 Å². The molecule has 0 aliphatic carbocycles. The molecule has 0 spiro atoms. The van der Waals surface area contributed by atoms with Crippen molar-refractivity contribution in [2.24, 2.45) is 0 Å². The molecule has 0 bridgehead atoms. The Hall–Kier alpha value is -1.93. The van der Waals surface area contributed by atoms with Crippen LogP contribution in [0.25, 0.3) is 21.3 Å². The van der Waals surface area contributed by atoms with Crippen LogP contribution in [0.5, 0.6) is 0 Å². The van der Waals surface area contributed by atoms with E-state index in [0.717, 1.165) is 11.3 Å². The van der Waals surface area contributed by atoms with Gasteiger partial charge in [0, 0.05) is 11.1 Å². The van der Waals surface area contributed by atoms with E-state index in [-0.39, 0.29) is 21.3 Å². The summed E-state index contributed by atoms with van der Waals surface area (Å²) in [6, 6.07) is 6.03. The number of aromatic nitrogens is 2. The van der Waals surface area contributed by atoms with Crippen LogP contribution in [-0.2, 0) is 9.84 Å². The average Bonchev–Trinajstić information content (AvgIpc) is 3.00. The Morgan fingerprint density at radius 3 is 2.76 bits per heavy atom. The normalized spacial score (nSPS) is 12.1. The van der Waals surface area contributed by atoms with Gasteiger partial charge in [-0.25, -0.2) is 12.8 Å². The van der Waals surface area contributed by atoms with E-state index in [0.29, 0.717) is 15.8 Å². The highest BCUT2D eigenvalue weighted by Gasteiger charge is 2.27. The quantitative estimate of drug-likeness (QED) is 0.775. The molecule has 0 amide bonds. The lowest BCUT2D eigenvalue weighted by molar-refractivity contribution is 0.599. The first-order chi connectivity index (χ1) is 9.95. The highest BCUT2D eigenvalue weighted by molar-refractivity contribution is 7.93. The third kappa shape index (κ3) is 2.11. The number of hydrogen-bond donors (Lipinski definition) is 2. The molecule has 0 unspecified atom stereocenters. The lowest BCUT2D eigenvalue weighted by Crippen LogP contribution is -2.03. The molecule has 21 heavy (non-hydrogen) atoms. The smallest absolute Gasteiger partial charge is 0.188 e. The lowest BCUT2D eigenvalue weighted by atomic mass is 10.1. The van der Waals surface area contributed by atoms with Crippen LogP contribution in [0.4, 0.5) is 10.2 Å². The molecule has 1 aromatic carbocycles. The van der Waals surface area contributed by atoms with Gasteiger partial charge in [0.15, 0.2) is 9.84 Å². The molecule has 3 aromatic rings. The Kier molecular flexibility index (Phi) is 3.22. The average molecular weight is 325 g/mol. The number of halogens is 1. The zero-order valence-electron chi connectivity index (χ0n) is 11.1. The number of nitrogen functional groups attached to an aromatic ring is 1. The van der Waals surface area contributed by atoms with Gasteiger partial charge in [-0.3, -0.25) is 5.10 Å². The number of fused-ring (bicyclic) bond motifs is 1. The maximum Gasteiger partial charge on any atom is 0.188 e. The van der Waals surface area contributed by atoms with E-state index in [1.165, 1.54) is 12.1 Å². The molecule has 0 aliphatic heterocycles. The summed E-state index contributed by atoms with van der Waals surface area (Å²) in [7, 11) is -3.50. The van der Waals surface area contributed by atoms with Crippen LogP contribution in [0.15, 0.2) is 28.5 Å². The Labute approximate surface area is 124 Å². The summed E-state index contributed by atoms with van der Waals surface area (Å²) in [6.45, 7) is 1.55. The van der Waals surface area contributed by atoms with Gasteiger partial charge >= 0.3 is 0 Å². The van der Waals surface area contributed by atoms with Gasteiger partial charge in [0.05, 0.1) is 11.1 Å². The van der Waals surface area contributed by atoms with Crippen molar-refractivity contribution in [3.05, 3.63) is 30.1 Å². The van der Waals surface area contributed by atoms with Gasteiger partial charge in [-0.2, -0.15) is 5.10 Å². The van der Waals surface area contributed by atoms with Crippen molar-refractivity contribution in [3.8, 4) is 11.1 Å². The van der Waals surface area contributed by atoms with Gasteiger partial charge in [-0.05, 0) is 6.07 Å². The van der Waals surface area contributed by atoms with E-state index in [1.807, 2.05) is 0 Å². The van der Waals surface area contributed by atoms with Crippen molar-refractivity contribution in [2.75, 3.05) is 11.5 Å². The monoisotopic (exact) mass is 325 g/mol. The minimum Gasteiger partial charge on any atom is -0.384 e. The number of nitrogens with one attached hydrogen (secondary N) is 1. The van der Waals surface area contributed by atoms with Crippen molar-refractivity contribution >= 4 is 37.2 Å². The maximum atomic E-state index is 14.1. The predicted molar refractivity (Wildman–Crippen MR) is 81.5 cm³/mol. The molecule has 0 saturated carbocycles. The van der Waals surface area contributed by atoms with Crippen molar-refractivity contribution in [3.63, 3.8) is 0 Å². The van der Waals surface area contributed by atoms with Gasteiger partial charge in [-0.15, -0.1) is 11.3 Å². The van der Waals surface area contributed by atoms with Crippen LogP contribution in [0.3, 0.4) is 0 Å². The first-order valence-corrected chi connectivity index (χ1v) is 8.66. The summed E-state index contributed by atoms with van der Waals surface area (Å²) >= 11 is 1.00. The van der Waals surface area contributed by atoms with E-state index in [4.69, 9.17) is 5.73 Å². The molecular weight excluding hydrogens is 313 g/mol. The van der Waals surface area contributed by atoms with Gasteiger partial charge in [0.25, 0.3) is 0 Å². The van der Waals surface area contributed by atoms with Crippen molar-refractivity contribution in [1.82, 2.24) is 10.2 Å². The first-order valence-electron chi connectivity index (χ1n) is 6.19. The number of H-pyrrole nitrogens is 1. The Morgan fingerprint density at radius 2 is 2.10 bits per heavy atom. The second-order valence-electron chi connectivity index (χ2n) is 4.47. The SMILES string of the molecule is CCS(=O)(=O)c1sc2n[nH]c(N)c2c1-c1ccccc1F. The van der Waals surface area contributed by atoms with Crippen molar-refractivity contribution < 1.29 is 12.8 Å². The standard InChI is InChI=1S/C13H12FN3O2S2/c1-2-21(18,19)13-9(7-5-3-4-6-8(7)14)10-11(15)16-17-12(10)20-13/h3-6H,2H2,1H3,(H3,15,16,17). The van der Waals surface area contributed by atoms with E-state index in [1.54, 1.807) is 19.1 Å². The predicted octanol–water partition coefficient (Wildman–Crippen LogP) is 2.81. The highest BCUT2D eigenvalue weighted by atomic mass is 32.2. The highest BCUT2D eigenvalue weighted by Crippen LogP contribution is 2.44. The van der Waals surface area contributed by atoms with Gasteiger partial charge in [0.1, 0.15) is 20.7 Å². The number of thiophene rings is 1. The Morgan fingerprint density at radius 1 is 1.38 bits per heavy atom. The molecule has 2 aromatic heterocycles. The largest absolute Gasteiger partial charge is 0.384 e. The summed E-state index contributed by atoms with van der Waals surface area (Å²) in [5, 5.41) is 7.04. The fourth-order valence-corrected chi connectivity index (χ4v) is 4.93. The molecule has 5 nitrogen and oxygen atoms in total. The van der Waals surface area contributed by atoms with E-state index in [9.17, 15) is 12.8 Å². The molecule has 2 heterocycles. The second-order valence-corrected chi connectivity index (χ2v) is 7.94. The molecule has 110 valence electrons. The summed E-state index contributed by atoms with van der Waals surface area (Å²) in [6.07, 6.45) is 0. The van der Waals surface area contributed by atoms with E-state index in [2.05, 4.69) is 10.2 Å². The summed E-state index contributed by atoms with van der Waals surface area (Å²) < 4.78 is 38.8. The molecule has 3 N–H and O–H groups in total. The minimum atomic E-state index is -3.50. The van der Waals surface area contributed by atoms with Crippen LogP contribution in [0.2, 0.25) is 0 Å². The fraction of sp³-hybridized carbons (Fsp3) is 0.154.